The van der Waals surface area contributed by atoms with Gasteiger partial charge in [-0.15, -0.1) is 11.3 Å². The Balaban J connectivity index is 2.09. The number of thiazole rings is 1. The van der Waals surface area contributed by atoms with Crippen molar-refractivity contribution in [1.29, 1.82) is 0 Å². The standard InChI is InChI=1S/C17H19N3S/c1-11(2)14-10-21-17(20-14)16(18-3)13-8-4-6-12-7-5-9-19-15(12)13/h4-11,16,18H,1-3H3. The first-order valence-electron chi connectivity index (χ1n) is 7.17. The highest BCUT2D eigenvalue weighted by molar-refractivity contribution is 7.09. The highest BCUT2D eigenvalue weighted by Crippen LogP contribution is 2.30. The summed E-state index contributed by atoms with van der Waals surface area (Å²) in [5, 5.41) is 7.80. The quantitative estimate of drug-likeness (QED) is 0.787. The van der Waals surface area contributed by atoms with E-state index in [0.29, 0.717) is 5.92 Å². The molecule has 3 aromatic rings. The predicted octanol–water partition coefficient (Wildman–Crippen LogP) is 4.12. The van der Waals surface area contributed by atoms with E-state index in [-0.39, 0.29) is 6.04 Å². The van der Waals surface area contributed by atoms with Gasteiger partial charge < -0.3 is 5.32 Å². The lowest BCUT2D eigenvalue weighted by Crippen LogP contribution is -2.18. The molecule has 0 saturated heterocycles. The molecular formula is C17H19N3S. The monoisotopic (exact) mass is 297 g/mol. The van der Waals surface area contributed by atoms with Crippen molar-refractivity contribution in [2.75, 3.05) is 7.05 Å². The molecule has 1 atom stereocenters. The van der Waals surface area contributed by atoms with Crippen LogP contribution in [0.15, 0.2) is 41.9 Å². The van der Waals surface area contributed by atoms with Gasteiger partial charge in [0.1, 0.15) is 5.01 Å². The van der Waals surface area contributed by atoms with E-state index in [2.05, 4.69) is 53.8 Å². The normalized spacial score (nSPS) is 13.0. The van der Waals surface area contributed by atoms with Crippen LogP contribution in [0.1, 0.15) is 42.1 Å². The summed E-state index contributed by atoms with van der Waals surface area (Å²) >= 11 is 1.71. The van der Waals surface area contributed by atoms with Crippen LogP contribution in [0, 0.1) is 0 Å². The summed E-state index contributed by atoms with van der Waals surface area (Å²) in [7, 11) is 1.98. The maximum Gasteiger partial charge on any atom is 0.114 e. The fraction of sp³-hybridized carbons (Fsp3) is 0.294. The first-order chi connectivity index (χ1) is 10.2. The molecule has 0 amide bonds. The summed E-state index contributed by atoms with van der Waals surface area (Å²) in [6.07, 6.45) is 1.85. The van der Waals surface area contributed by atoms with Crippen molar-refractivity contribution in [1.82, 2.24) is 15.3 Å². The van der Waals surface area contributed by atoms with E-state index in [0.717, 1.165) is 21.6 Å². The number of aromatic nitrogens is 2. The molecule has 0 bridgehead atoms. The number of hydrogen-bond donors (Lipinski definition) is 1. The molecule has 108 valence electrons. The van der Waals surface area contributed by atoms with E-state index in [4.69, 9.17) is 4.98 Å². The van der Waals surface area contributed by atoms with E-state index in [9.17, 15) is 0 Å². The van der Waals surface area contributed by atoms with Gasteiger partial charge in [-0.2, -0.15) is 0 Å². The average molecular weight is 297 g/mol. The van der Waals surface area contributed by atoms with Gasteiger partial charge in [0.25, 0.3) is 0 Å². The Labute approximate surface area is 129 Å². The lowest BCUT2D eigenvalue weighted by atomic mass is 10.0. The third-order valence-electron chi connectivity index (χ3n) is 3.64. The van der Waals surface area contributed by atoms with Gasteiger partial charge >= 0.3 is 0 Å². The second-order valence-electron chi connectivity index (χ2n) is 5.41. The molecule has 0 spiro atoms. The van der Waals surface area contributed by atoms with Gasteiger partial charge in [0, 0.05) is 22.5 Å². The number of fused-ring (bicyclic) bond motifs is 1. The van der Waals surface area contributed by atoms with Crippen molar-refractivity contribution in [2.24, 2.45) is 0 Å². The number of benzene rings is 1. The van der Waals surface area contributed by atoms with Crippen LogP contribution in [-0.2, 0) is 0 Å². The van der Waals surface area contributed by atoms with E-state index < -0.39 is 0 Å². The van der Waals surface area contributed by atoms with Gasteiger partial charge in [0.15, 0.2) is 0 Å². The maximum atomic E-state index is 4.79. The first-order valence-corrected chi connectivity index (χ1v) is 8.05. The molecule has 0 aliphatic rings. The molecule has 3 nitrogen and oxygen atoms in total. The van der Waals surface area contributed by atoms with Crippen LogP contribution in [0.4, 0.5) is 0 Å². The van der Waals surface area contributed by atoms with Crippen LogP contribution in [-0.4, -0.2) is 17.0 Å². The van der Waals surface area contributed by atoms with Crippen LogP contribution < -0.4 is 5.32 Å². The molecular weight excluding hydrogens is 278 g/mol. The van der Waals surface area contributed by atoms with Gasteiger partial charge in [-0.05, 0) is 19.0 Å². The van der Waals surface area contributed by atoms with Gasteiger partial charge in [-0.1, -0.05) is 38.1 Å². The van der Waals surface area contributed by atoms with Crippen LogP contribution >= 0.6 is 11.3 Å². The van der Waals surface area contributed by atoms with Crippen LogP contribution in [0.3, 0.4) is 0 Å². The Bertz CT molecular complexity index is 743. The van der Waals surface area contributed by atoms with E-state index in [1.165, 1.54) is 5.56 Å². The molecule has 0 aliphatic carbocycles. The van der Waals surface area contributed by atoms with Gasteiger partial charge in [0.05, 0.1) is 17.3 Å². The van der Waals surface area contributed by atoms with E-state index >= 15 is 0 Å². The molecule has 1 unspecified atom stereocenters. The Morgan fingerprint density at radius 3 is 2.67 bits per heavy atom. The molecule has 0 radical (unpaired) electrons. The van der Waals surface area contributed by atoms with Crippen molar-refractivity contribution < 1.29 is 0 Å². The Morgan fingerprint density at radius 2 is 1.95 bits per heavy atom. The third kappa shape index (κ3) is 2.69. The molecule has 0 fully saturated rings. The molecule has 3 rings (SSSR count). The smallest absolute Gasteiger partial charge is 0.114 e. The minimum absolute atomic E-state index is 0.0844. The zero-order valence-electron chi connectivity index (χ0n) is 12.5. The fourth-order valence-corrected chi connectivity index (χ4v) is 3.58. The summed E-state index contributed by atoms with van der Waals surface area (Å²) < 4.78 is 0. The summed E-state index contributed by atoms with van der Waals surface area (Å²) in [5.74, 6) is 0.457. The first kappa shape index (κ1) is 14.2. The third-order valence-corrected chi connectivity index (χ3v) is 4.57. The number of pyridine rings is 1. The Hall–Kier alpha value is -1.78. The van der Waals surface area contributed by atoms with Crippen molar-refractivity contribution in [3.63, 3.8) is 0 Å². The van der Waals surface area contributed by atoms with Gasteiger partial charge in [-0.3, -0.25) is 4.98 Å². The molecule has 1 N–H and O–H groups in total. The molecule has 0 saturated carbocycles. The fourth-order valence-electron chi connectivity index (χ4n) is 2.47. The molecule has 0 aliphatic heterocycles. The second-order valence-corrected chi connectivity index (χ2v) is 6.30. The van der Waals surface area contributed by atoms with Crippen molar-refractivity contribution in [3.05, 3.63) is 58.2 Å². The minimum Gasteiger partial charge on any atom is -0.307 e. The molecule has 2 aromatic heterocycles. The summed E-state index contributed by atoms with van der Waals surface area (Å²) in [5.41, 5.74) is 3.38. The topological polar surface area (TPSA) is 37.8 Å². The van der Waals surface area contributed by atoms with Crippen LogP contribution in [0.25, 0.3) is 10.9 Å². The van der Waals surface area contributed by atoms with E-state index in [1.54, 1.807) is 11.3 Å². The summed E-state index contributed by atoms with van der Waals surface area (Å²) in [6.45, 7) is 4.35. The molecule has 1 aromatic carbocycles. The highest BCUT2D eigenvalue weighted by atomic mass is 32.1. The second kappa shape index (κ2) is 5.92. The minimum atomic E-state index is 0.0844. The largest absolute Gasteiger partial charge is 0.307 e. The van der Waals surface area contributed by atoms with Gasteiger partial charge in [-0.25, -0.2) is 4.98 Å². The highest BCUT2D eigenvalue weighted by Gasteiger charge is 2.19. The van der Waals surface area contributed by atoms with Crippen molar-refractivity contribution >= 4 is 22.2 Å². The lowest BCUT2D eigenvalue weighted by Gasteiger charge is -2.15. The molecule has 21 heavy (non-hydrogen) atoms. The SMILES string of the molecule is CNC(c1nc(C(C)C)cs1)c1cccc2cccnc12. The number of rotatable bonds is 4. The van der Waals surface area contributed by atoms with Crippen molar-refractivity contribution in [3.8, 4) is 0 Å². The average Bonchev–Trinajstić information content (AvgIpc) is 2.98. The summed E-state index contributed by atoms with van der Waals surface area (Å²) in [6, 6.07) is 10.5. The lowest BCUT2D eigenvalue weighted by molar-refractivity contribution is 0.682. The molecule has 4 heteroatoms. The number of nitrogens with zero attached hydrogens (tertiary/aromatic N) is 2. The van der Waals surface area contributed by atoms with Gasteiger partial charge in [0.2, 0.25) is 0 Å². The zero-order chi connectivity index (χ0) is 14.8. The molecule has 2 heterocycles. The van der Waals surface area contributed by atoms with E-state index in [1.807, 2.05) is 19.3 Å². The Morgan fingerprint density at radius 1 is 1.14 bits per heavy atom. The van der Waals surface area contributed by atoms with Crippen molar-refractivity contribution in [2.45, 2.75) is 25.8 Å². The Kier molecular flexibility index (Phi) is 3.99. The zero-order valence-corrected chi connectivity index (χ0v) is 13.3. The van der Waals surface area contributed by atoms with Crippen LogP contribution in [0.5, 0.6) is 0 Å². The predicted molar refractivity (Wildman–Crippen MR) is 88.8 cm³/mol. The number of hydrogen-bond acceptors (Lipinski definition) is 4. The number of para-hydroxylation sites is 1. The number of nitrogens with one attached hydrogen (secondary N) is 1. The summed E-state index contributed by atoms with van der Waals surface area (Å²) in [4.78, 5) is 9.35. The maximum absolute atomic E-state index is 4.79. The van der Waals surface area contributed by atoms with Crippen LogP contribution in [0.2, 0.25) is 0 Å².